The molecule has 2 heteroatoms. The zero-order valence-electron chi connectivity index (χ0n) is 29.5. The van der Waals surface area contributed by atoms with E-state index in [-0.39, 0.29) is 0 Å². The van der Waals surface area contributed by atoms with Crippen molar-refractivity contribution in [1.82, 2.24) is 9.13 Å². The maximum absolute atomic E-state index is 2.42. The molecule has 0 aliphatic heterocycles. The van der Waals surface area contributed by atoms with E-state index in [4.69, 9.17) is 0 Å². The SMILES string of the molecule is c1ccc(-n2c3ccccc3c3cc(-c4ccc(-c5ccc(-c6ccc7c(c6)c6ccccc6n7-c6cccc7ccccc67)cc5)cc4)ccc32)cc1. The largest absolute Gasteiger partial charge is 0.309 e. The second-order valence-corrected chi connectivity index (χ2v) is 14.2. The van der Waals surface area contributed by atoms with E-state index in [0.717, 1.165) is 0 Å². The molecule has 0 N–H and O–H groups in total. The third-order valence-corrected chi connectivity index (χ3v) is 11.1. The van der Waals surface area contributed by atoms with E-state index in [2.05, 4.69) is 215 Å². The van der Waals surface area contributed by atoms with Gasteiger partial charge in [-0.3, -0.25) is 0 Å². The van der Waals surface area contributed by atoms with Gasteiger partial charge >= 0.3 is 0 Å². The zero-order chi connectivity index (χ0) is 35.6. The van der Waals surface area contributed by atoms with Crippen LogP contribution in [0, 0.1) is 0 Å². The van der Waals surface area contributed by atoms with Gasteiger partial charge in [-0.1, -0.05) is 152 Å². The van der Waals surface area contributed by atoms with Crippen LogP contribution in [-0.2, 0) is 0 Å². The highest BCUT2D eigenvalue weighted by Crippen LogP contribution is 2.38. The molecule has 0 saturated heterocycles. The van der Waals surface area contributed by atoms with Gasteiger partial charge in [-0.2, -0.15) is 0 Å². The quantitative estimate of drug-likeness (QED) is 0.171. The average Bonchev–Trinajstić information content (AvgIpc) is 3.76. The van der Waals surface area contributed by atoms with Crippen molar-refractivity contribution < 1.29 is 0 Å². The lowest BCUT2D eigenvalue weighted by Gasteiger charge is -2.12. The average molecular weight is 687 g/mol. The Balaban J connectivity index is 0.918. The second kappa shape index (κ2) is 12.2. The van der Waals surface area contributed by atoms with Gasteiger partial charge in [0.05, 0.1) is 27.8 Å². The monoisotopic (exact) mass is 686 g/mol. The van der Waals surface area contributed by atoms with Gasteiger partial charge < -0.3 is 9.13 Å². The summed E-state index contributed by atoms with van der Waals surface area (Å²) < 4.78 is 4.79. The lowest BCUT2D eigenvalue weighted by atomic mass is 9.97. The molecule has 0 fully saturated rings. The van der Waals surface area contributed by atoms with Gasteiger partial charge in [-0.15, -0.1) is 0 Å². The van der Waals surface area contributed by atoms with Crippen molar-refractivity contribution in [1.29, 1.82) is 0 Å². The van der Waals surface area contributed by atoms with Crippen molar-refractivity contribution in [2.75, 3.05) is 0 Å². The lowest BCUT2D eigenvalue weighted by molar-refractivity contribution is 1.18. The van der Waals surface area contributed by atoms with Crippen LogP contribution in [0.4, 0.5) is 0 Å². The smallest absolute Gasteiger partial charge is 0.0541 e. The van der Waals surface area contributed by atoms with E-state index >= 15 is 0 Å². The highest BCUT2D eigenvalue weighted by Gasteiger charge is 2.16. The summed E-state index contributed by atoms with van der Waals surface area (Å²) in [6, 6.07) is 75.1. The first-order chi connectivity index (χ1) is 26.8. The molecule has 2 nitrogen and oxygen atoms in total. The van der Waals surface area contributed by atoms with Crippen LogP contribution in [0.15, 0.2) is 206 Å². The molecule has 0 bridgehead atoms. The predicted molar refractivity (Wildman–Crippen MR) is 229 cm³/mol. The van der Waals surface area contributed by atoms with E-state index in [9.17, 15) is 0 Å². The topological polar surface area (TPSA) is 9.86 Å². The van der Waals surface area contributed by atoms with Crippen LogP contribution < -0.4 is 0 Å². The molecule has 54 heavy (non-hydrogen) atoms. The molecule has 0 atom stereocenters. The van der Waals surface area contributed by atoms with Gasteiger partial charge in [-0.25, -0.2) is 0 Å². The van der Waals surface area contributed by atoms with Crippen molar-refractivity contribution in [3.05, 3.63) is 206 Å². The Kier molecular flexibility index (Phi) is 6.90. The molecule has 0 unspecified atom stereocenters. The number of para-hydroxylation sites is 3. The highest BCUT2D eigenvalue weighted by atomic mass is 15.0. The van der Waals surface area contributed by atoms with Crippen LogP contribution in [0.25, 0.3) is 99.1 Å². The molecular formula is C52H34N2. The molecule has 0 aliphatic rings. The molecule has 0 amide bonds. The maximum atomic E-state index is 2.42. The first kappa shape index (κ1) is 30.5. The lowest BCUT2D eigenvalue weighted by Crippen LogP contribution is -1.95. The Morgan fingerprint density at radius 3 is 1.24 bits per heavy atom. The Bertz CT molecular complexity index is 3180. The number of rotatable bonds is 5. The molecule has 0 radical (unpaired) electrons. The van der Waals surface area contributed by atoms with E-state index in [0.29, 0.717) is 0 Å². The summed E-state index contributed by atoms with van der Waals surface area (Å²) in [6.45, 7) is 0. The summed E-state index contributed by atoms with van der Waals surface area (Å²) in [6.07, 6.45) is 0. The number of aromatic nitrogens is 2. The fraction of sp³-hybridized carbons (Fsp3) is 0. The van der Waals surface area contributed by atoms with Gasteiger partial charge in [-0.05, 0) is 93.4 Å². The molecule has 0 spiro atoms. The molecule has 0 aliphatic carbocycles. The summed E-state index contributed by atoms with van der Waals surface area (Å²) in [5, 5.41) is 7.56. The van der Waals surface area contributed by atoms with Crippen molar-refractivity contribution in [2.24, 2.45) is 0 Å². The van der Waals surface area contributed by atoms with E-state index in [1.807, 2.05) is 0 Å². The summed E-state index contributed by atoms with van der Waals surface area (Å²) in [4.78, 5) is 0. The number of nitrogens with zero attached hydrogens (tertiary/aromatic N) is 2. The fourth-order valence-electron chi connectivity index (χ4n) is 8.53. The Labute approximate surface area is 313 Å². The molecule has 2 heterocycles. The van der Waals surface area contributed by atoms with E-state index in [1.165, 1.54) is 99.1 Å². The van der Waals surface area contributed by atoms with Crippen molar-refractivity contribution in [3.63, 3.8) is 0 Å². The third-order valence-electron chi connectivity index (χ3n) is 11.1. The normalized spacial score (nSPS) is 11.7. The molecule has 0 saturated carbocycles. The van der Waals surface area contributed by atoms with Crippen molar-refractivity contribution in [3.8, 4) is 44.8 Å². The van der Waals surface area contributed by atoms with Crippen molar-refractivity contribution >= 4 is 54.4 Å². The third kappa shape index (κ3) is 4.81. The Morgan fingerprint density at radius 1 is 0.241 bits per heavy atom. The summed E-state index contributed by atoms with van der Waals surface area (Å²) in [5.74, 6) is 0. The van der Waals surface area contributed by atoms with Crippen LogP contribution in [0.1, 0.15) is 0 Å². The van der Waals surface area contributed by atoms with Crippen LogP contribution >= 0.6 is 0 Å². The first-order valence-electron chi connectivity index (χ1n) is 18.6. The fourth-order valence-corrected chi connectivity index (χ4v) is 8.53. The highest BCUT2D eigenvalue weighted by molar-refractivity contribution is 6.12. The molecule has 9 aromatic carbocycles. The zero-order valence-corrected chi connectivity index (χ0v) is 29.5. The molecular weight excluding hydrogens is 653 g/mol. The van der Waals surface area contributed by atoms with Crippen LogP contribution in [0.2, 0.25) is 0 Å². The minimum absolute atomic E-state index is 1.18. The Morgan fingerprint density at radius 2 is 0.648 bits per heavy atom. The number of benzene rings is 9. The standard InChI is InChI=1S/C52H34N2/c1-2-13-42(14-3-1)53-49-18-8-6-16-44(49)46-33-40(29-31-51(46)53)37-25-21-35(22-26-37)36-23-27-38(28-24-36)41-30-32-52-47(34-41)45-17-7-9-19-50(45)54(52)48-20-10-12-39-11-4-5-15-43(39)48/h1-34H. The van der Waals surface area contributed by atoms with Gasteiger partial charge in [0.1, 0.15) is 0 Å². The summed E-state index contributed by atoms with van der Waals surface area (Å²) in [7, 11) is 0. The van der Waals surface area contributed by atoms with Gasteiger partial charge in [0.25, 0.3) is 0 Å². The van der Waals surface area contributed by atoms with Crippen LogP contribution in [-0.4, -0.2) is 9.13 Å². The van der Waals surface area contributed by atoms with Crippen molar-refractivity contribution in [2.45, 2.75) is 0 Å². The molecule has 252 valence electrons. The van der Waals surface area contributed by atoms with Crippen LogP contribution in [0.3, 0.4) is 0 Å². The van der Waals surface area contributed by atoms with Gasteiger partial charge in [0, 0.05) is 32.6 Å². The van der Waals surface area contributed by atoms with Crippen LogP contribution in [0.5, 0.6) is 0 Å². The van der Waals surface area contributed by atoms with Gasteiger partial charge in [0.15, 0.2) is 0 Å². The van der Waals surface area contributed by atoms with E-state index < -0.39 is 0 Å². The minimum Gasteiger partial charge on any atom is -0.309 e. The number of fused-ring (bicyclic) bond motifs is 7. The molecule has 11 aromatic rings. The minimum atomic E-state index is 1.18. The van der Waals surface area contributed by atoms with Gasteiger partial charge in [0.2, 0.25) is 0 Å². The number of hydrogen-bond donors (Lipinski definition) is 0. The first-order valence-corrected chi connectivity index (χ1v) is 18.6. The molecule has 11 rings (SSSR count). The maximum Gasteiger partial charge on any atom is 0.0541 e. The summed E-state index contributed by atoms with van der Waals surface area (Å²) in [5.41, 5.74) is 14.5. The van der Waals surface area contributed by atoms with E-state index in [1.54, 1.807) is 0 Å². The summed E-state index contributed by atoms with van der Waals surface area (Å²) >= 11 is 0. The Hall–Kier alpha value is -7.16. The molecule has 2 aromatic heterocycles. The number of hydrogen-bond acceptors (Lipinski definition) is 0. The second-order valence-electron chi connectivity index (χ2n) is 14.2. The predicted octanol–water partition coefficient (Wildman–Crippen LogP) is 14.0.